The quantitative estimate of drug-likeness (QED) is 0.805. The van der Waals surface area contributed by atoms with E-state index in [0.717, 1.165) is 38.6 Å². The molecule has 0 spiro atoms. The summed E-state index contributed by atoms with van der Waals surface area (Å²) in [6.45, 7) is 2.29. The van der Waals surface area contributed by atoms with Crippen molar-refractivity contribution in [3.63, 3.8) is 0 Å². The summed E-state index contributed by atoms with van der Waals surface area (Å²) >= 11 is 0. The first-order chi connectivity index (χ1) is 11.8. The van der Waals surface area contributed by atoms with Crippen molar-refractivity contribution in [2.75, 3.05) is 26.3 Å². The summed E-state index contributed by atoms with van der Waals surface area (Å²) in [5.41, 5.74) is 2.69. The predicted octanol–water partition coefficient (Wildman–Crippen LogP) is 2.68. The third-order valence-electron chi connectivity index (χ3n) is 5.46. The first kappa shape index (κ1) is 17.9. The third-order valence-corrected chi connectivity index (χ3v) is 5.46. The van der Waals surface area contributed by atoms with Gasteiger partial charge in [0.1, 0.15) is 0 Å². The molecule has 0 aromatic heterocycles. The van der Waals surface area contributed by atoms with Crippen LogP contribution >= 0.6 is 0 Å². The number of aliphatic hydroxyl groups excluding tert-OH is 2. The van der Waals surface area contributed by atoms with Gasteiger partial charge in [0, 0.05) is 19.2 Å². The number of fused-ring (bicyclic) bond motifs is 1. The van der Waals surface area contributed by atoms with E-state index in [0.29, 0.717) is 19.2 Å². The smallest absolute Gasteiger partial charge is 0.0900 e. The number of likely N-dealkylation sites (tertiary alicyclic amines) is 1. The highest BCUT2D eigenvalue weighted by Gasteiger charge is 2.25. The van der Waals surface area contributed by atoms with Crippen molar-refractivity contribution in [3.8, 4) is 0 Å². The molecule has 0 radical (unpaired) electrons. The van der Waals surface area contributed by atoms with Crippen molar-refractivity contribution in [2.45, 2.75) is 63.2 Å². The van der Waals surface area contributed by atoms with Crippen LogP contribution in [0.5, 0.6) is 0 Å². The molecule has 24 heavy (non-hydrogen) atoms. The number of rotatable bonds is 7. The predicted molar refractivity (Wildman–Crippen MR) is 95.0 cm³/mol. The highest BCUT2D eigenvalue weighted by Crippen LogP contribution is 2.32. The van der Waals surface area contributed by atoms with Crippen molar-refractivity contribution >= 4 is 0 Å². The van der Waals surface area contributed by atoms with Crippen LogP contribution in [-0.2, 0) is 11.2 Å². The molecule has 0 amide bonds. The second-order valence-electron chi connectivity index (χ2n) is 7.22. The highest BCUT2D eigenvalue weighted by molar-refractivity contribution is 5.31. The lowest BCUT2D eigenvalue weighted by Gasteiger charge is -2.37. The molecule has 4 nitrogen and oxygen atoms in total. The SMILES string of the molecule is OCCC1CCCCN1CC(O)COC1CCCc2ccccc21. The first-order valence-corrected chi connectivity index (χ1v) is 9.50. The summed E-state index contributed by atoms with van der Waals surface area (Å²) in [7, 11) is 0. The summed E-state index contributed by atoms with van der Waals surface area (Å²) in [5, 5.41) is 19.7. The molecule has 3 unspecified atom stereocenters. The molecule has 3 rings (SSSR count). The van der Waals surface area contributed by atoms with Crippen molar-refractivity contribution < 1.29 is 14.9 Å². The molecule has 0 bridgehead atoms. The van der Waals surface area contributed by atoms with Crippen molar-refractivity contribution in [2.24, 2.45) is 0 Å². The maximum atomic E-state index is 10.4. The lowest BCUT2D eigenvalue weighted by Crippen LogP contribution is -2.45. The summed E-state index contributed by atoms with van der Waals surface area (Å²) in [6, 6.07) is 8.92. The van der Waals surface area contributed by atoms with Gasteiger partial charge >= 0.3 is 0 Å². The van der Waals surface area contributed by atoms with E-state index in [9.17, 15) is 10.2 Å². The Hall–Kier alpha value is -0.940. The first-order valence-electron chi connectivity index (χ1n) is 9.50. The van der Waals surface area contributed by atoms with Gasteiger partial charge in [-0.15, -0.1) is 0 Å². The van der Waals surface area contributed by atoms with E-state index in [1.807, 2.05) is 0 Å². The Morgan fingerprint density at radius 1 is 1.17 bits per heavy atom. The van der Waals surface area contributed by atoms with Crippen molar-refractivity contribution in [3.05, 3.63) is 35.4 Å². The molecule has 1 aromatic rings. The minimum atomic E-state index is -0.460. The second-order valence-corrected chi connectivity index (χ2v) is 7.22. The average molecular weight is 333 g/mol. The number of β-amino-alcohol motifs (C(OH)–C–C–N with tert-alkyl or cyclic N) is 1. The molecule has 1 aliphatic carbocycles. The van der Waals surface area contributed by atoms with Crippen LogP contribution in [0.3, 0.4) is 0 Å². The zero-order valence-electron chi connectivity index (χ0n) is 14.6. The number of nitrogens with zero attached hydrogens (tertiary/aromatic N) is 1. The monoisotopic (exact) mass is 333 g/mol. The largest absolute Gasteiger partial charge is 0.396 e. The molecule has 1 saturated heterocycles. The van der Waals surface area contributed by atoms with E-state index in [1.165, 1.54) is 24.0 Å². The number of aryl methyl sites for hydroxylation is 1. The Morgan fingerprint density at radius 2 is 2.04 bits per heavy atom. The van der Waals surface area contributed by atoms with Crippen molar-refractivity contribution in [1.29, 1.82) is 0 Å². The van der Waals surface area contributed by atoms with Crippen LogP contribution in [0.25, 0.3) is 0 Å². The van der Waals surface area contributed by atoms with Gasteiger partial charge in [-0.1, -0.05) is 30.7 Å². The van der Waals surface area contributed by atoms with Crippen LogP contribution in [0.4, 0.5) is 0 Å². The van der Waals surface area contributed by atoms with Gasteiger partial charge in [0.15, 0.2) is 0 Å². The Labute approximate surface area is 145 Å². The average Bonchev–Trinajstić information content (AvgIpc) is 2.62. The van der Waals surface area contributed by atoms with E-state index in [1.54, 1.807) is 0 Å². The maximum absolute atomic E-state index is 10.4. The molecule has 2 aliphatic rings. The molecule has 1 aromatic carbocycles. The minimum Gasteiger partial charge on any atom is -0.396 e. The Balaban J connectivity index is 1.50. The van der Waals surface area contributed by atoms with Crippen LogP contribution < -0.4 is 0 Å². The fourth-order valence-corrected chi connectivity index (χ4v) is 4.21. The number of benzene rings is 1. The zero-order chi connectivity index (χ0) is 16.8. The molecular weight excluding hydrogens is 302 g/mol. The van der Waals surface area contributed by atoms with Crippen LogP contribution in [-0.4, -0.2) is 53.6 Å². The van der Waals surface area contributed by atoms with Crippen molar-refractivity contribution in [1.82, 2.24) is 4.90 Å². The van der Waals surface area contributed by atoms with Gasteiger partial charge in [-0.05, 0) is 56.2 Å². The van der Waals surface area contributed by atoms with E-state index in [2.05, 4.69) is 29.2 Å². The van der Waals surface area contributed by atoms with Crippen LogP contribution in [0.2, 0.25) is 0 Å². The molecule has 3 atom stereocenters. The fourth-order valence-electron chi connectivity index (χ4n) is 4.21. The van der Waals surface area contributed by atoms with Gasteiger partial charge in [-0.2, -0.15) is 0 Å². The summed E-state index contributed by atoms with van der Waals surface area (Å²) in [5.74, 6) is 0. The highest BCUT2D eigenvalue weighted by atomic mass is 16.5. The number of hydrogen-bond acceptors (Lipinski definition) is 4. The van der Waals surface area contributed by atoms with Gasteiger partial charge in [0.05, 0.1) is 18.8 Å². The van der Waals surface area contributed by atoms with Gasteiger partial charge in [-0.3, -0.25) is 4.90 Å². The van der Waals surface area contributed by atoms with E-state index in [-0.39, 0.29) is 12.7 Å². The van der Waals surface area contributed by atoms with Gasteiger partial charge < -0.3 is 14.9 Å². The minimum absolute atomic E-state index is 0.124. The molecule has 4 heteroatoms. The Kier molecular flexibility index (Phi) is 6.67. The molecule has 1 heterocycles. The van der Waals surface area contributed by atoms with Crippen LogP contribution in [0.1, 0.15) is 55.8 Å². The lowest BCUT2D eigenvalue weighted by molar-refractivity contribution is -0.0366. The summed E-state index contributed by atoms with van der Waals surface area (Å²) in [4.78, 5) is 2.34. The topological polar surface area (TPSA) is 52.9 Å². The summed E-state index contributed by atoms with van der Waals surface area (Å²) < 4.78 is 6.08. The molecule has 134 valence electrons. The molecule has 2 N–H and O–H groups in total. The van der Waals surface area contributed by atoms with Gasteiger partial charge in [-0.25, -0.2) is 0 Å². The molecule has 1 fully saturated rings. The number of aliphatic hydroxyl groups is 2. The van der Waals surface area contributed by atoms with Crippen LogP contribution in [0, 0.1) is 0 Å². The Morgan fingerprint density at radius 3 is 2.92 bits per heavy atom. The normalized spacial score (nSPS) is 26.1. The molecule has 0 saturated carbocycles. The number of hydrogen-bond donors (Lipinski definition) is 2. The Bertz CT molecular complexity index is 505. The zero-order valence-corrected chi connectivity index (χ0v) is 14.6. The molecule has 1 aliphatic heterocycles. The number of ether oxygens (including phenoxy) is 1. The standard InChI is InChI=1S/C20H31NO3/c22-13-11-17-8-3-4-12-21(17)14-18(23)15-24-20-10-5-7-16-6-1-2-9-19(16)20/h1-2,6,9,17-18,20,22-23H,3-5,7-8,10-15H2. The van der Waals surface area contributed by atoms with E-state index < -0.39 is 6.10 Å². The third kappa shape index (κ3) is 4.57. The van der Waals surface area contributed by atoms with Gasteiger partial charge in [0.25, 0.3) is 0 Å². The lowest BCUT2D eigenvalue weighted by atomic mass is 9.89. The van der Waals surface area contributed by atoms with E-state index >= 15 is 0 Å². The summed E-state index contributed by atoms with van der Waals surface area (Å²) in [6.07, 6.45) is 7.35. The number of piperidine rings is 1. The fraction of sp³-hybridized carbons (Fsp3) is 0.700. The van der Waals surface area contributed by atoms with E-state index in [4.69, 9.17) is 4.74 Å². The van der Waals surface area contributed by atoms with Gasteiger partial charge in [0.2, 0.25) is 0 Å². The van der Waals surface area contributed by atoms with Crippen LogP contribution in [0.15, 0.2) is 24.3 Å². The second kappa shape index (κ2) is 8.95. The maximum Gasteiger partial charge on any atom is 0.0900 e. The molecular formula is C20H31NO3.